The maximum Gasteiger partial charge on any atom is 0.416 e. The zero-order valence-corrected chi connectivity index (χ0v) is 12.7. The fourth-order valence-corrected chi connectivity index (χ4v) is 3.18. The predicted molar refractivity (Wildman–Crippen MR) is 79.3 cm³/mol. The zero-order valence-electron chi connectivity index (χ0n) is 11.9. The molecule has 0 aliphatic carbocycles. The Morgan fingerprint density at radius 3 is 2.67 bits per heavy atom. The van der Waals surface area contributed by atoms with Gasteiger partial charge in [0.2, 0.25) is 0 Å². The second kappa shape index (κ2) is 6.58. The first-order chi connectivity index (χ1) is 9.95. The Kier molecular flexibility index (Phi) is 5.00. The van der Waals surface area contributed by atoms with Crippen molar-refractivity contribution in [3.63, 3.8) is 0 Å². The molecule has 0 amide bonds. The largest absolute Gasteiger partial charge is 0.416 e. The van der Waals surface area contributed by atoms with Crippen molar-refractivity contribution < 1.29 is 13.2 Å². The summed E-state index contributed by atoms with van der Waals surface area (Å²) in [6.45, 7) is 2.75. The molecule has 1 aromatic heterocycles. The van der Waals surface area contributed by atoms with Gasteiger partial charge in [0.15, 0.2) is 0 Å². The minimum atomic E-state index is -4.33. The highest BCUT2D eigenvalue weighted by atomic mass is 32.1. The first-order valence-electron chi connectivity index (χ1n) is 6.76. The van der Waals surface area contributed by atoms with E-state index in [1.54, 1.807) is 6.07 Å². The molecule has 2 rings (SSSR count). The lowest BCUT2D eigenvalue weighted by molar-refractivity contribution is -0.137. The van der Waals surface area contributed by atoms with Crippen molar-refractivity contribution in [2.24, 2.45) is 0 Å². The van der Waals surface area contributed by atoms with Crippen LogP contribution in [-0.4, -0.2) is 12.0 Å². The summed E-state index contributed by atoms with van der Waals surface area (Å²) in [6.07, 6.45) is -2.53. The van der Waals surface area contributed by atoms with Crippen LogP contribution in [0.25, 0.3) is 10.6 Å². The molecule has 1 N–H and O–H groups in total. The Bertz CT molecular complexity index is 582. The van der Waals surface area contributed by atoms with Gasteiger partial charge in [-0.25, -0.2) is 4.98 Å². The van der Waals surface area contributed by atoms with E-state index in [1.807, 2.05) is 7.05 Å². The van der Waals surface area contributed by atoms with Crippen molar-refractivity contribution in [3.8, 4) is 10.6 Å². The van der Waals surface area contributed by atoms with Crippen molar-refractivity contribution in [1.82, 2.24) is 10.3 Å². The second-order valence-electron chi connectivity index (χ2n) is 4.75. The van der Waals surface area contributed by atoms with E-state index in [1.165, 1.54) is 17.4 Å². The minimum absolute atomic E-state index is 0.523. The van der Waals surface area contributed by atoms with Crippen LogP contribution in [0, 0.1) is 0 Å². The van der Waals surface area contributed by atoms with Crippen LogP contribution in [0.15, 0.2) is 24.3 Å². The molecule has 2 nitrogen and oxygen atoms in total. The Labute approximate surface area is 126 Å². The van der Waals surface area contributed by atoms with Gasteiger partial charge in [0.25, 0.3) is 0 Å². The Balaban J connectivity index is 2.40. The third kappa shape index (κ3) is 3.83. The van der Waals surface area contributed by atoms with Gasteiger partial charge in [-0.2, -0.15) is 13.2 Å². The van der Waals surface area contributed by atoms with Gasteiger partial charge in [-0.15, -0.1) is 11.3 Å². The van der Waals surface area contributed by atoms with Gasteiger partial charge >= 0.3 is 6.18 Å². The molecule has 0 aliphatic heterocycles. The van der Waals surface area contributed by atoms with E-state index >= 15 is 0 Å². The van der Waals surface area contributed by atoms with Crippen LogP contribution >= 0.6 is 11.3 Å². The third-order valence-corrected chi connectivity index (χ3v) is 4.19. The summed E-state index contributed by atoms with van der Waals surface area (Å²) in [5.41, 5.74) is 0.862. The zero-order chi connectivity index (χ0) is 15.5. The Morgan fingerprint density at radius 1 is 1.29 bits per heavy atom. The number of aromatic nitrogens is 1. The van der Waals surface area contributed by atoms with Crippen molar-refractivity contribution in [3.05, 3.63) is 40.4 Å². The molecule has 0 saturated heterocycles. The van der Waals surface area contributed by atoms with E-state index in [2.05, 4.69) is 17.2 Å². The summed E-state index contributed by atoms with van der Waals surface area (Å²) in [4.78, 5) is 5.61. The molecule has 0 spiro atoms. The van der Waals surface area contributed by atoms with Crippen LogP contribution in [0.4, 0.5) is 13.2 Å². The van der Waals surface area contributed by atoms with Crippen LogP contribution < -0.4 is 5.32 Å². The topological polar surface area (TPSA) is 24.9 Å². The number of nitrogens with one attached hydrogen (secondary N) is 1. The van der Waals surface area contributed by atoms with Gasteiger partial charge in [0, 0.05) is 17.0 Å². The van der Waals surface area contributed by atoms with E-state index in [0.29, 0.717) is 17.1 Å². The number of alkyl halides is 3. The monoisotopic (exact) mass is 314 g/mol. The van der Waals surface area contributed by atoms with Crippen LogP contribution in [0.2, 0.25) is 0 Å². The van der Waals surface area contributed by atoms with E-state index in [0.717, 1.165) is 35.5 Å². The van der Waals surface area contributed by atoms with Gasteiger partial charge in [-0.1, -0.05) is 25.5 Å². The maximum absolute atomic E-state index is 12.8. The summed E-state index contributed by atoms with van der Waals surface area (Å²) in [5.74, 6) is 0. The predicted octanol–water partition coefficient (Wildman–Crippen LogP) is 4.50. The average molecular weight is 314 g/mol. The molecule has 21 heavy (non-hydrogen) atoms. The summed E-state index contributed by atoms with van der Waals surface area (Å²) in [6, 6.07) is 5.35. The van der Waals surface area contributed by atoms with E-state index in [9.17, 15) is 13.2 Å². The molecule has 1 aromatic carbocycles. The molecule has 0 aliphatic rings. The van der Waals surface area contributed by atoms with Gasteiger partial charge in [0.05, 0.1) is 11.3 Å². The molecule has 0 fully saturated rings. The summed E-state index contributed by atoms with van der Waals surface area (Å²) >= 11 is 1.46. The van der Waals surface area contributed by atoms with Gasteiger partial charge in [0.1, 0.15) is 5.01 Å². The van der Waals surface area contributed by atoms with E-state index in [-0.39, 0.29) is 0 Å². The Morgan fingerprint density at radius 2 is 2.05 bits per heavy atom. The molecule has 2 aromatic rings. The smallest absolute Gasteiger partial charge is 0.315 e. The third-order valence-electron chi connectivity index (χ3n) is 3.04. The van der Waals surface area contributed by atoms with Crippen molar-refractivity contribution in [1.29, 1.82) is 0 Å². The first kappa shape index (κ1) is 16.0. The van der Waals surface area contributed by atoms with Gasteiger partial charge in [-0.3, -0.25) is 0 Å². The standard InChI is InChI=1S/C15H17F3N2S/c1-3-5-12-13(9-19-2)21-14(20-12)10-6-4-7-11(8-10)15(16,17)18/h4,6-8,19H,3,5,9H2,1-2H3. The van der Waals surface area contributed by atoms with Gasteiger partial charge in [-0.05, 0) is 25.6 Å². The SMILES string of the molecule is CCCc1nc(-c2cccc(C(F)(F)F)c2)sc1CNC. The fourth-order valence-electron chi connectivity index (χ4n) is 2.07. The lowest BCUT2D eigenvalue weighted by Gasteiger charge is -2.07. The molecular formula is C15H17F3N2S. The fraction of sp³-hybridized carbons (Fsp3) is 0.400. The normalized spacial score (nSPS) is 11.9. The lowest BCUT2D eigenvalue weighted by Crippen LogP contribution is -2.05. The van der Waals surface area contributed by atoms with Crippen LogP contribution in [0.1, 0.15) is 29.5 Å². The Hall–Kier alpha value is -1.40. The number of benzene rings is 1. The van der Waals surface area contributed by atoms with Crippen molar-refractivity contribution >= 4 is 11.3 Å². The molecule has 0 radical (unpaired) electrons. The highest BCUT2D eigenvalue weighted by molar-refractivity contribution is 7.15. The number of rotatable bonds is 5. The molecule has 0 bridgehead atoms. The summed E-state index contributed by atoms with van der Waals surface area (Å²) in [7, 11) is 1.85. The number of hydrogen-bond donors (Lipinski definition) is 1. The quantitative estimate of drug-likeness (QED) is 0.879. The number of aryl methyl sites for hydroxylation is 1. The van der Waals surface area contributed by atoms with E-state index in [4.69, 9.17) is 0 Å². The number of hydrogen-bond acceptors (Lipinski definition) is 3. The highest BCUT2D eigenvalue weighted by Gasteiger charge is 2.30. The lowest BCUT2D eigenvalue weighted by atomic mass is 10.1. The van der Waals surface area contributed by atoms with Crippen LogP contribution in [0.3, 0.4) is 0 Å². The highest BCUT2D eigenvalue weighted by Crippen LogP contribution is 2.34. The number of nitrogens with zero attached hydrogens (tertiary/aromatic N) is 1. The van der Waals surface area contributed by atoms with Crippen LogP contribution in [-0.2, 0) is 19.1 Å². The molecule has 114 valence electrons. The molecule has 0 atom stereocenters. The molecule has 0 saturated carbocycles. The van der Waals surface area contributed by atoms with Gasteiger partial charge < -0.3 is 5.32 Å². The first-order valence-corrected chi connectivity index (χ1v) is 7.58. The number of halogens is 3. The molecule has 0 unspecified atom stereocenters. The van der Waals surface area contributed by atoms with E-state index < -0.39 is 11.7 Å². The maximum atomic E-state index is 12.8. The summed E-state index contributed by atoms with van der Waals surface area (Å²) < 4.78 is 38.3. The minimum Gasteiger partial charge on any atom is -0.315 e. The molecule has 6 heteroatoms. The van der Waals surface area contributed by atoms with Crippen molar-refractivity contribution in [2.75, 3.05) is 7.05 Å². The molecular weight excluding hydrogens is 297 g/mol. The number of thiazole rings is 1. The summed E-state index contributed by atoms with van der Waals surface area (Å²) in [5, 5.41) is 3.72. The average Bonchev–Trinajstić information content (AvgIpc) is 2.82. The van der Waals surface area contributed by atoms with Crippen LogP contribution in [0.5, 0.6) is 0 Å². The second-order valence-corrected chi connectivity index (χ2v) is 5.83. The molecule has 1 heterocycles. The van der Waals surface area contributed by atoms with Crippen molar-refractivity contribution in [2.45, 2.75) is 32.5 Å².